The van der Waals surface area contributed by atoms with Crippen molar-refractivity contribution in [2.45, 2.75) is 26.2 Å². The van der Waals surface area contributed by atoms with E-state index >= 15 is 0 Å². The molecule has 0 bridgehead atoms. The van der Waals surface area contributed by atoms with E-state index in [1.165, 1.54) is 37.9 Å². The Morgan fingerprint density at radius 2 is 1.74 bits per heavy atom. The summed E-state index contributed by atoms with van der Waals surface area (Å²) in [5.74, 6) is 2.21. The summed E-state index contributed by atoms with van der Waals surface area (Å²) in [7, 11) is 3.29. The van der Waals surface area contributed by atoms with Gasteiger partial charge in [-0.2, -0.15) is 0 Å². The summed E-state index contributed by atoms with van der Waals surface area (Å²) < 4.78 is 12.1. The number of hydrogen-bond donors (Lipinski definition) is 0. The van der Waals surface area contributed by atoms with E-state index in [2.05, 4.69) is 55.8 Å². The molecule has 1 aliphatic heterocycles. The Kier molecular flexibility index (Phi) is 6.92. The van der Waals surface area contributed by atoms with Crippen LogP contribution in [0.25, 0.3) is 10.9 Å². The van der Waals surface area contributed by atoms with Crippen LogP contribution in [0.5, 0.6) is 11.5 Å². The molecule has 1 fully saturated rings. The zero-order chi connectivity index (χ0) is 21.8. The molecule has 164 valence electrons. The first-order chi connectivity index (χ1) is 15.1. The number of piperidine rings is 1. The third-order valence-corrected chi connectivity index (χ3v) is 6.79. The average molecular weight is 485 g/mol. The van der Waals surface area contributed by atoms with E-state index in [0.717, 1.165) is 40.0 Å². The van der Waals surface area contributed by atoms with Gasteiger partial charge in [0.25, 0.3) is 0 Å². The number of likely N-dealkylation sites (tertiary alicyclic amines) is 1. The molecule has 0 atom stereocenters. The van der Waals surface area contributed by atoms with Gasteiger partial charge in [0, 0.05) is 34.7 Å². The van der Waals surface area contributed by atoms with E-state index in [-0.39, 0.29) is 0 Å². The minimum Gasteiger partial charge on any atom is -0.493 e. The Morgan fingerprint density at radius 1 is 1.00 bits per heavy atom. The van der Waals surface area contributed by atoms with Gasteiger partial charge < -0.3 is 19.3 Å². The lowest BCUT2D eigenvalue weighted by molar-refractivity contribution is 0.234. The summed E-state index contributed by atoms with van der Waals surface area (Å²) in [5, 5.41) is 0.940. The van der Waals surface area contributed by atoms with Crippen LogP contribution in [0.3, 0.4) is 0 Å². The number of benzene rings is 2. The maximum atomic E-state index is 5.56. The Hall–Kier alpha value is -2.38. The monoisotopic (exact) mass is 484 g/mol. The summed E-state index contributed by atoms with van der Waals surface area (Å²) in [6.45, 7) is 6.27. The Morgan fingerprint density at radius 3 is 2.45 bits per heavy atom. The summed E-state index contributed by atoms with van der Waals surface area (Å²) in [6.07, 6.45) is 5.52. The smallest absolute Gasteiger partial charge is 0.162 e. The van der Waals surface area contributed by atoms with Crippen LogP contribution in [-0.2, 0) is 0 Å². The van der Waals surface area contributed by atoms with Gasteiger partial charge in [0.1, 0.15) is 12.1 Å². The van der Waals surface area contributed by atoms with Crippen LogP contribution >= 0.6 is 15.9 Å². The lowest BCUT2D eigenvalue weighted by Crippen LogP contribution is -2.36. The lowest BCUT2D eigenvalue weighted by Gasteiger charge is -2.31. The first-order valence-electron chi connectivity index (χ1n) is 10.7. The van der Waals surface area contributed by atoms with Crippen molar-refractivity contribution < 1.29 is 9.47 Å². The van der Waals surface area contributed by atoms with Crippen molar-refractivity contribution in [3.8, 4) is 11.5 Å². The Balaban J connectivity index is 1.78. The van der Waals surface area contributed by atoms with Crippen LogP contribution in [0.1, 0.15) is 24.8 Å². The molecule has 2 aromatic carbocycles. The number of hydrogen-bond acceptors (Lipinski definition) is 6. The van der Waals surface area contributed by atoms with Gasteiger partial charge in [-0.1, -0.05) is 28.4 Å². The predicted molar refractivity (Wildman–Crippen MR) is 129 cm³/mol. The molecule has 3 aromatic rings. The maximum Gasteiger partial charge on any atom is 0.162 e. The number of ether oxygens (including phenoxy) is 2. The van der Waals surface area contributed by atoms with Gasteiger partial charge >= 0.3 is 0 Å². The van der Waals surface area contributed by atoms with Crippen LogP contribution in [0.2, 0.25) is 0 Å². The van der Waals surface area contributed by atoms with Crippen LogP contribution < -0.4 is 14.4 Å². The number of rotatable bonds is 7. The van der Waals surface area contributed by atoms with Gasteiger partial charge in [-0.3, -0.25) is 0 Å². The van der Waals surface area contributed by atoms with Crippen molar-refractivity contribution in [2.24, 2.45) is 0 Å². The second-order valence-corrected chi connectivity index (χ2v) is 8.76. The minimum absolute atomic E-state index is 0.664. The van der Waals surface area contributed by atoms with Crippen LogP contribution in [0, 0.1) is 6.92 Å². The molecule has 1 saturated heterocycles. The van der Waals surface area contributed by atoms with E-state index < -0.39 is 0 Å². The third kappa shape index (κ3) is 4.77. The molecule has 0 radical (unpaired) electrons. The van der Waals surface area contributed by atoms with Gasteiger partial charge in [0.2, 0.25) is 0 Å². The second-order valence-electron chi connectivity index (χ2n) is 7.91. The zero-order valence-electron chi connectivity index (χ0n) is 18.4. The molecule has 0 spiro atoms. The molecule has 0 saturated carbocycles. The van der Waals surface area contributed by atoms with E-state index in [9.17, 15) is 0 Å². The van der Waals surface area contributed by atoms with Crippen molar-refractivity contribution in [1.29, 1.82) is 0 Å². The van der Waals surface area contributed by atoms with Gasteiger partial charge in [-0.15, -0.1) is 0 Å². The fraction of sp³-hybridized carbons (Fsp3) is 0.417. The molecule has 0 amide bonds. The number of methoxy groups -OCH3 is 2. The largest absolute Gasteiger partial charge is 0.493 e. The maximum absolute atomic E-state index is 5.56. The number of anilines is 2. The lowest BCUT2D eigenvalue weighted by atomic mass is 10.1. The topological polar surface area (TPSA) is 50.7 Å². The number of aromatic nitrogens is 2. The molecule has 6 nitrogen and oxygen atoms in total. The molecular weight excluding hydrogens is 456 g/mol. The predicted octanol–water partition coefficient (Wildman–Crippen LogP) is 5.34. The van der Waals surface area contributed by atoms with Gasteiger partial charge in [-0.25, -0.2) is 9.97 Å². The molecule has 0 aliphatic carbocycles. The highest BCUT2D eigenvalue weighted by molar-refractivity contribution is 9.10. The SMILES string of the molecule is COc1cc2ncnc(N(CCN3CCCCC3)c3ccc(C)c(Br)c3)c2cc1OC. The van der Waals surface area contributed by atoms with Crippen LogP contribution in [0.4, 0.5) is 11.5 Å². The highest BCUT2D eigenvalue weighted by Gasteiger charge is 2.19. The van der Waals surface area contributed by atoms with Crippen LogP contribution in [-0.4, -0.2) is 55.3 Å². The quantitative estimate of drug-likeness (QED) is 0.450. The first kappa shape index (κ1) is 21.8. The summed E-state index contributed by atoms with van der Waals surface area (Å²) in [4.78, 5) is 14.0. The fourth-order valence-corrected chi connectivity index (χ4v) is 4.48. The van der Waals surface area contributed by atoms with Crippen molar-refractivity contribution in [2.75, 3.05) is 45.3 Å². The normalized spacial score (nSPS) is 14.6. The molecule has 1 aliphatic rings. The van der Waals surface area contributed by atoms with E-state index in [1.54, 1.807) is 20.5 Å². The van der Waals surface area contributed by atoms with E-state index in [4.69, 9.17) is 14.5 Å². The van der Waals surface area contributed by atoms with Crippen molar-refractivity contribution in [3.63, 3.8) is 0 Å². The van der Waals surface area contributed by atoms with Crippen molar-refractivity contribution in [3.05, 3.63) is 46.7 Å². The molecular formula is C24H29BrN4O2. The Labute approximate surface area is 192 Å². The first-order valence-corrected chi connectivity index (χ1v) is 11.5. The Bertz CT molecular complexity index is 1050. The molecule has 0 unspecified atom stereocenters. The molecule has 7 heteroatoms. The van der Waals surface area contributed by atoms with E-state index in [1.807, 2.05) is 12.1 Å². The molecule has 0 N–H and O–H groups in total. The highest BCUT2D eigenvalue weighted by Crippen LogP contribution is 2.37. The van der Waals surface area contributed by atoms with E-state index in [0.29, 0.717) is 11.5 Å². The summed E-state index contributed by atoms with van der Waals surface area (Å²) >= 11 is 3.70. The average Bonchev–Trinajstić information content (AvgIpc) is 2.81. The zero-order valence-corrected chi connectivity index (χ0v) is 20.0. The van der Waals surface area contributed by atoms with Gasteiger partial charge in [0.05, 0.1) is 19.7 Å². The second kappa shape index (κ2) is 9.83. The van der Waals surface area contributed by atoms with Gasteiger partial charge in [0.15, 0.2) is 11.5 Å². The van der Waals surface area contributed by atoms with Crippen LogP contribution in [0.15, 0.2) is 41.1 Å². The van der Waals surface area contributed by atoms with Crippen molar-refractivity contribution >= 4 is 38.3 Å². The minimum atomic E-state index is 0.664. The molecule has 4 rings (SSSR count). The number of nitrogens with zero attached hydrogens (tertiary/aromatic N) is 4. The van der Waals surface area contributed by atoms with Gasteiger partial charge in [-0.05, 0) is 56.6 Å². The number of aryl methyl sites for hydroxylation is 1. The highest BCUT2D eigenvalue weighted by atomic mass is 79.9. The fourth-order valence-electron chi connectivity index (χ4n) is 4.12. The third-order valence-electron chi connectivity index (χ3n) is 5.93. The number of halogens is 1. The summed E-state index contributed by atoms with van der Waals surface area (Å²) in [5.41, 5.74) is 3.14. The molecule has 2 heterocycles. The van der Waals surface area contributed by atoms with Crippen molar-refractivity contribution in [1.82, 2.24) is 14.9 Å². The summed E-state index contributed by atoms with van der Waals surface area (Å²) in [6, 6.07) is 10.3. The standard InChI is InChI=1S/C24H29BrN4O2/c1-17-7-8-18(13-20(17)25)29(12-11-28-9-5-4-6-10-28)24-19-14-22(30-2)23(31-3)15-21(19)26-16-27-24/h7-8,13-16H,4-6,9-12H2,1-3H3. The molecule has 31 heavy (non-hydrogen) atoms. The molecule has 1 aromatic heterocycles. The number of fused-ring (bicyclic) bond motifs is 1.